The predicted octanol–water partition coefficient (Wildman–Crippen LogP) is 2.35. The number of hydrogen-bond donors (Lipinski definition) is 1. The first kappa shape index (κ1) is 11.8. The molecule has 0 saturated carbocycles. The van der Waals surface area contributed by atoms with E-state index in [1.165, 1.54) is 6.07 Å². The molecule has 3 nitrogen and oxygen atoms in total. The number of hydrogen-bond acceptors (Lipinski definition) is 2. The first-order valence-electron chi connectivity index (χ1n) is 5.57. The van der Waals surface area contributed by atoms with Crippen molar-refractivity contribution in [1.29, 1.82) is 0 Å². The quantitative estimate of drug-likeness (QED) is 0.882. The van der Waals surface area contributed by atoms with Gasteiger partial charge in [0, 0.05) is 12.2 Å². The molecule has 0 saturated heterocycles. The molecule has 0 unspecified atom stereocenters. The molecule has 0 bridgehead atoms. The molecule has 0 amide bonds. The van der Waals surface area contributed by atoms with E-state index in [0.29, 0.717) is 6.54 Å². The van der Waals surface area contributed by atoms with Gasteiger partial charge < -0.3 is 9.88 Å². The maximum absolute atomic E-state index is 13.2. The minimum Gasteiger partial charge on any atom is -0.316 e. The molecule has 0 spiro atoms. The largest absolute Gasteiger partial charge is 0.316 e. The minimum atomic E-state index is -0.214. The van der Waals surface area contributed by atoms with Gasteiger partial charge in [-0.2, -0.15) is 0 Å². The van der Waals surface area contributed by atoms with Crippen LogP contribution in [0.25, 0.3) is 5.69 Å². The summed E-state index contributed by atoms with van der Waals surface area (Å²) in [6.07, 6.45) is 1.77. The highest BCUT2D eigenvalue weighted by Crippen LogP contribution is 2.19. The highest BCUT2D eigenvalue weighted by molar-refractivity contribution is 5.43. The Morgan fingerprint density at radius 2 is 2.12 bits per heavy atom. The van der Waals surface area contributed by atoms with Gasteiger partial charge >= 0.3 is 0 Å². The number of aromatic nitrogens is 2. The average Bonchev–Trinajstić information content (AvgIpc) is 2.61. The Morgan fingerprint density at radius 1 is 1.35 bits per heavy atom. The molecule has 17 heavy (non-hydrogen) atoms. The third-order valence-electron chi connectivity index (χ3n) is 2.92. The Hall–Kier alpha value is -1.68. The zero-order chi connectivity index (χ0) is 12.4. The minimum absolute atomic E-state index is 0.214. The first-order chi connectivity index (χ1) is 8.13. The summed E-state index contributed by atoms with van der Waals surface area (Å²) in [6.45, 7) is 4.60. The van der Waals surface area contributed by atoms with Crippen molar-refractivity contribution in [2.75, 3.05) is 7.05 Å². The summed E-state index contributed by atoms with van der Waals surface area (Å²) < 4.78 is 15.2. The molecule has 1 heterocycles. The number of imidazole rings is 1. The first-order valence-corrected chi connectivity index (χ1v) is 5.57. The highest BCUT2D eigenvalue weighted by atomic mass is 19.1. The van der Waals surface area contributed by atoms with Gasteiger partial charge in [0.05, 0.1) is 17.7 Å². The van der Waals surface area contributed by atoms with Crippen molar-refractivity contribution in [3.63, 3.8) is 0 Å². The number of halogens is 1. The normalized spacial score (nSPS) is 10.8. The number of nitrogens with zero attached hydrogens (tertiary/aromatic N) is 2. The van der Waals surface area contributed by atoms with E-state index in [1.807, 2.05) is 25.5 Å². The molecule has 0 aliphatic heterocycles. The van der Waals surface area contributed by atoms with Gasteiger partial charge in [0.25, 0.3) is 0 Å². The van der Waals surface area contributed by atoms with Crippen LogP contribution in [0.2, 0.25) is 0 Å². The van der Waals surface area contributed by atoms with Crippen LogP contribution in [-0.2, 0) is 6.54 Å². The van der Waals surface area contributed by atoms with Gasteiger partial charge in [-0.05, 0) is 44.7 Å². The lowest BCUT2D eigenvalue weighted by molar-refractivity contribution is 0.622. The molecule has 0 aliphatic rings. The standard InChI is InChI=1S/C13H16FN3/c1-9-10(2)17(8-16-9)13-5-4-12(14)6-11(13)7-15-3/h4-6,8,15H,7H2,1-3H3. The Balaban J connectivity index is 2.54. The van der Waals surface area contributed by atoms with Crippen LogP contribution in [0, 0.1) is 19.7 Å². The van der Waals surface area contributed by atoms with Gasteiger partial charge in [0.1, 0.15) is 5.82 Å². The van der Waals surface area contributed by atoms with E-state index >= 15 is 0 Å². The van der Waals surface area contributed by atoms with Crippen LogP contribution in [0.1, 0.15) is 17.0 Å². The topological polar surface area (TPSA) is 29.9 Å². The van der Waals surface area contributed by atoms with E-state index in [2.05, 4.69) is 10.3 Å². The van der Waals surface area contributed by atoms with E-state index in [0.717, 1.165) is 22.6 Å². The molecular formula is C13H16FN3. The van der Waals surface area contributed by atoms with Gasteiger partial charge in [-0.3, -0.25) is 0 Å². The van der Waals surface area contributed by atoms with E-state index in [1.54, 1.807) is 18.5 Å². The van der Waals surface area contributed by atoms with E-state index in [4.69, 9.17) is 0 Å². The number of aryl methyl sites for hydroxylation is 1. The van der Waals surface area contributed by atoms with Crippen molar-refractivity contribution in [3.8, 4) is 5.69 Å². The summed E-state index contributed by atoms with van der Waals surface area (Å²) in [7, 11) is 1.85. The van der Waals surface area contributed by atoms with Crippen molar-refractivity contribution < 1.29 is 4.39 Å². The lowest BCUT2D eigenvalue weighted by Crippen LogP contribution is -2.10. The van der Waals surface area contributed by atoms with Crippen LogP contribution in [0.3, 0.4) is 0 Å². The molecule has 90 valence electrons. The zero-order valence-electron chi connectivity index (χ0n) is 10.3. The molecular weight excluding hydrogens is 217 g/mol. The fraction of sp³-hybridized carbons (Fsp3) is 0.308. The Labute approximate surface area is 100 Å². The molecule has 1 aromatic heterocycles. The molecule has 2 aromatic rings. The SMILES string of the molecule is CNCc1cc(F)ccc1-n1cnc(C)c1C. The second-order valence-electron chi connectivity index (χ2n) is 4.09. The molecule has 1 N–H and O–H groups in total. The lowest BCUT2D eigenvalue weighted by atomic mass is 10.1. The summed E-state index contributed by atoms with van der Waals surface area (Å²) in [6, 6.07) is 4.82. The summed E-state index contributed by atoms with van der Waals surface area (Å²) >= 11 is 0. The van der Waals surface area contributed by atoms with Gasteiger partial charge in [0.15, 0.2) is 0 Å². The second kappa shape index (κ2) is 4.67. The molecule has 0 atom stereocenters. The second-order valence-corrected chi connectivity index (χ2v) is 4.09. The average molecular weight is 233 g/mol. The summed E-state index contributed by atoms with van der Waals surface area (Å²) in [4.78, 5) is 4.27. The summed E-state index contributed by atoms with van der Waals surface area (Å²) in [5.74, 6) is -0.214. The zero-order valence-corrected chi connectivity index (χ0v) is 10.3. The van der Waals surface area contributed by atoms with Crippen LogP contribution >= 0.6 is 0 Å². The molecule has 1 aromatic carbocycles. The molecule has 2 rings (SSSR count). The molecule has 0 radical (unpaired) electrons. The maximum atomic E-state index is 13.2. The monoisotopic (exact) mass is 233 g/mol. The van der Waals surface area contributed by atoms with E-state index < -0.39 is 0 Å². The third-order valence-corrected chi connectivity index (χ3v) is 2.92. The Kier molecular flexibility index (Phi) is 3.24. The number of rotatable bonds is 3. The predicted molar refractivity (Wildman–Crippen MR) is 65.8 cm³/mol. The van der Waals surface area contributed by atoms with Crippen LogP contribution < -0.4 is 5.32 Å². The lowest BCUT2D eigenvalue weighted by Gasteiger charge is -2.12. The fourth-order valence-electron chi connectivity index (χ4n) is 1.86. The number of benzene rings is 1. The maximum Gasteiger partial charge on any atom is 0.123 e. The van der Waals surface area contributed by atoms with Crippen LogP contribution in [-0.4, -0.2) is 16.6 Å². The number of nitrogens with one attached hydrogen (secondary N) is 1. The van der Waals surface area contributed by atoms with Crippen molar-refractivity contribution in [1.82, 2.24) is 14.9 Å². The Bertz CT molecular complexity index is 531. The molecule has 0 fully saturated rings. The van der Waals surface area contributed by atoms with E-state index in [9.17, 15) is 4.39 Å². The van der Waals surface area contributed by atoms with Gasteiger partial charge in [0.2, 0.25) is 0 Å². The van der Waals surface area contributed by atoms with Crippen LogP contribution in [0.15, 0.2) is 24.5 Å². The van der Waals surface area contributed by atoms with Crippen molar-refractivity contribution in [2.45, 2.75) is 20.4 Å². The van der Waals surface area contributed by atoms with Gasteiger partial charge in [-0.15, -0.1) is 0 Å². The third kappa shape index (κ3) is 2.22. The molecule has 0 aliphatic carbocycles. The molecule has 4 heteroatoms. The van der Waals surface area contributed by atoms with Crippen molar-refractivity contribution >= 4 is 0 Å². The van der Waals surface area contributed by atoms with Gasteiger partial charge in [-0.25, -0.2) is 9.37 Å². The van der Waals surface area contributed by atoms with Crippen molar-refractivity contribution in [2.24, 2.45) is 0 Å². The Morgan fingerprint density at radius 3 is 2.71 bits per heavy atom. The van der Waals surface area contributed by atoms with Crippen molar-refractivity contribution in [3.05, 3.63) is 47.3 Å². The van der Waals surface area contributed by atoms with Crippen LogP contribution in [0.4, 0.5) is 4.39 Å². The fourth-order valence-corrected chi connectivity index (χ4v) is 1.86. The van der Waals surface area contributed by atoms with Gasteiger partial charge in [-0.1, -0.05) is 0 Å². The summed E-state index contributed by atoms with van der Waals surface area (Å²) in [5, 5.41) is 3.05. The summed E-state index contributed by atoms with van der Waals surface area (Å²) in [5.41, 5.74) is 3.96. The smallest absolute Gasteiger partial charge is 0.123 e. The van der Waals surface area contributed by atoms with Crippen LogP contribution in [0.5, 0.6) is 0 Å². The highest BCUT2D eigenvalue weighted by Gasteiger charge is 2.09. The van der Waals surface area contributed by atoms with E-state index in [-0.39, 0.29) is 5.82 Å².